The number of aromatic nitrogens is 1. The standard InChI is InChI=1S/C19H17ClN2O2/c1-11-8-9-16(12(2)10-11)21-19(23)17-13(3)24-22-18(17)14-6-4-5-7-15(14)20/h4-10H,1-3H3,(H,21,23). The molecule has 0 aliphatic carbocycles. The first-order valence-corrected chi connectivity index (χ1v) is 7.95. The number of anilines is 1. The van der Waals surface area contributed by atoms with E-state index in [-0.39, 0.29) is 5.91 Å². The number of aryl methyl sites for hydroxylation is 3. The van der Waals surface area contributed by atoms with Crippen molar-refractivity contribution in [3.63, 3.8) is 0 Å². The number of rotatable bonds is 3. The Bertz CT molecular complexity index is 915. The molecule has 0 aliphatic rings. The van der Waals surface area contributed by atoms with Crippen molar-refractivity contribution in [3.8, 4) is 11.3 Å². The van der Waals surface area contributed by atoms with E-state index < -0.39 is 0 Å². The third-order valence-corrected chi connectivity index (χ3v) is 4.18. The van der Waals surface area contributed by atoms with Crippen molar-refractivity contribution < 1.29 is 9.32 Å². The van der Waals surface area contributed by atoms with Crippen LogP contribution in [0.4, 0.5) is 5.69 Å². The van der Waals surface area contributed by atoms with E-state index in [2.05, 4.69) is 10.5 Å². The Morgan fingerprint density at radius 1 is 1.12 bits per heavy atom. The van der Waals surface area contributed by atoms with Gasteiger partial charge < -0.3 is 9.84 Å². The van der Waals surface area contributed by atoms with E-state index >= 15 is 0 Å². The average Bonchev–Trinajstić information content (AvgIpc) is 2.92. The van der Waals surface area contributed by atoms with Crippen molar-refractivity contribution in [2.24, 2.45) is 0 Å². The largest absolute Gasteiger partial charge is 0.360 e. The SMILES string of the molecule is Cc1ccc(NC(=O)c2c(-c3ccccc3Cl)noc2C)c(C)c1. The maximum atomic E-state index is 12.8. The minimum absolute atomic E-state index is 0.268. The van der Waals surface area contributed by atoms with Crippen molar-refractivity contribution in [2.45, 2.75) is 20.8 Å². The molecule has 0 saturated carbocycles. The van der Waals surface area contributed by atoms with Crippen LogP contribution in [0.25, 0.3) is 11.3 Å². The molecule has 1 aromatic heterocycles. The molecule has 0 atom stereocenters. The van der Waals surface area contributed by atoms with Gasteiger partial charge in [0.15, 0.2) is 0 Å². The van der Waals surface area contributed by atoms with Crippen LogP contribution >= 0.6 is 11.6 Å². The molecule has 4 nitrogen and oxygen atoms in total. The number of nitrogens with zero attached hydrogens (tertiary/aromatic N) is 1. The lowest BCUT2D eigenvalue weighted by Gasteiger charge is -2.10. The van der Waals surface area contributed by atoms with Crippen molar-refractivity contribution in [3.05, 3.63) is 69.9 Å². The normalized spacial score (nSPS) is 10.7. The van der Waals surface area contributed by atoms with Crippen LogP contribution in [0.3, 0.4) is 0 Å². The summed E-state index contributed by atoms with van der Waals surface area (Å²) in [4.78, 5) is 12.8. The zero-order valence-corrected chi connectivity index (χ0v) is 14.4. The summed E-state index contributed by atoms with van der Waals surface area (Å²) in [5, 5.41) is 7.47. The van der Waals surface area contributed by atoms with Crippen molar-refractivity contribution >= 4 is 23.2 Å². The summed E-state index contributed by atoms with van der Waals surface area (Å²) < 4.78 is 5.24. The molecule has 24 heavy (non-hydrogen) atoms. The lowest BCUT2D eigenvalue weighted by Crippen LogP contribution is -2.14. The Morgan fingerprint density at radius 2 is 1.88 bits per heavy atom. The summed E-state index contributed by atoms with van der Waals surface area (Å²) >= 11 is 6.23. The number of hydrogen-bond acceptors (Lipinski definition) is 3. The molecule has 3 rings (SSSR count). The number of carbonyl (C=O) groups excluding carboxylic acids is 1. The molecule has 0 spiro atoms. The lowest BCUT2D eigenvalue weighted by atomic mass is 10.0. The van der Waals surface area contributed by atoms with Gasteiger partial charge in [0, 0.05) is 11.3 Å². The molecule has 1 N–H and O–H groups in total. The Morgan fingerprint density at radius 3 is 2.58 bits per heavy atom. The van der Waals surface area contributed by atoms with E-state index in [1.807, 2.05) is 50.2 Å². The molecule has 0 fully saturated rings. The van der Waals surface area contributed by atoms with Crippen LogP contribution in [0.5, 0.6) is 0 Å². The molecule has 1 amide bonds. The Kier molecular flexibility index (Phi) is 4.40. The number of benzene rings is 2. The number of carbonyl (C=O) groups is 1. The molecular weight excluding hydrogens is 324 g/mol. The van der Waals surface area contributed by atoms with Crippen molar-refractivity contribution in [1.82, 2.24) is 5.16 Å². The highest BCUT2D eigenvalue weighted by Gasteiger charge is 2.23. The fourth-order valence-electron chi connectivity index (χ4n) is 2.62. The maximum Gasteiger partial charge on any atom is 0.261 e. The molecule has 0 aliphatic heterocycles. The van der Waals surface area contributed by atoms with E-state index in [4.69, 9.17) is 16.1 Å². The molecule has 0 unspecified atom stereocenters. The second-order valence-electron chi connectivity index (χ2n) is 5.71. The Hall–Kier alpha value is -2.59. The van der Waals surface area contributed by atoms with Crippen LogP contribution in [-0.4, -0.2) is 11.1 Å². The van der Waals surface area contributed by atoms with Gasteiger partial charge in [-0.15, -0.1) is 0 Å². The zero-order valence-electron chi connectivity index (χ0n) is 13.7. The highest BCUT2D eigenvalue weighted by Crippen LogP contribution is 2.31. The third-order valence-electron chi connectivity index (χ3n) is 3.85. The first-order valence-electron chi connectivity index (χ1n) is 7.57. The van der Waals surface area contributed by atoms with Crippen LogP contribution < -0.4 is 5.32 Å². The van der Waals surface area contributed by atoms with Crippen molar-refractivity contribution in [2.75, 3.05) is 5.32 Å². The minimum atomic E-state index is -0.268. The predicted octanol–water partition coefficient (Wildman–Crippen LogP) is 5.17. The molecule has 2 aromatic carbocycles. The van der Waals surface area contributed by atoms with E-state index in [1.165, 1.54) is 0 Å². The second-order valence-corrected chi connectivity index (χ2v) is 6.12. The quantitative estimate of drug-likeness (QED) is 0.715. The van der Waals surface area contributed by atoms with E-state index in [9.17, 15) is 4.79 Å². The van der Waals surface area contributed by atoms with Crippen LogP contribution in [-0.2, 0) is 0 Å². The average molecular weight is 341 g/mol. The molecule has 122 valence electrons. The second kappa shape index (κ2) is 6.49. The smallest absolute Gasteiger partial charge is 0.261 e. The summed E-state index contributed by atoms with van der Waals surface area (Å²) in [5.41, 5.74) is 4.40. The van der Waals surface area contributed by atoms with E-state index in [0.717, 1.165) is 16.8 Å². The van der Waals surface area contributed by atoms with Crippen LogP contribution in [0.1, 0.15) is 27.2 Å². The maximum absolute atomic E-state index is 12.8. The van der Waals surface area contributed by atoms with Crippen LogP contribution in [0.15, 0.2) is 47.0 Å². The molecule has 1 heterocycles. The first-order chi connectivity index (χ1) is 11.5. The minimum Gasteiger partial charge on any atom is -0.360 e. The number of halogens is 1. The number of amides is 1. The first kappa shape index (κ1) is 16.3. The van der Waals surface area contributed by atoms with Gasteiger partial charge >= 0.3 is 0 Å². The number of nitrogens with one attached hydrogen (secondary N) is 1. The summed E-state index contributed by atoms with van der Waals surface area (Å²) in [6.45, 7) is 5.68. The third kappa shape index (κ3) is 3.05. The zero-order chi connectivity index (χ0) is 17.3. The molecule has 0 bridgehead atoms. The monoisotopic (exact) mass is 340 g/mol. The summed E-state index contributed by atoms with van der Waals surface area (Å²) in [6.07, 6.45) is 0. The van der Waals surface area contributed by atoms with E-state index in [0.29, 0.717) is 27.6 Å². The predicted molar refractivity (Wildman–Crippen MR) is 95.6 cm³/mol. The van der Waals surface area contributed by atoms with Gasteiger partial charge in [-0.1, -0.05) is 52.7 Å². The van der Waals surface area contributed by atoms with E-state index in [1.54, 1.807) is 13.0 Å². The number of hydrogen-bond donors (Lipinski definition) is 1. The topological polar surface area (TPSA) is 55.1 Å². The fourth-order valence-corrected chi connectivity index (χ4v) is 2.84. The fraction of sp³-hybridized carbons (Fsp3) is 0.158. The Balaban J connectivity index is 1.99. The molecule has 0 saturated heterocycles. The molecule has 0 radical (unpaired) electrons. The van der Waals surface area contributed by atoms with Gasteiger partial charge in [-0.3, -0.25) is 4.79 Å². The molecular formula is C19H17ClN2O2. The van der Waals surface area contributed by atoms with Crippen LogP contribution in [0.2, 0.25) is 5.02 Å². The highest BCUT2D eigenvalue weighted by molar-refractivity contribution is 6.33. The summed E-state index contributed by atoms with van der Waals surface area (Å²) in [7, 11) is 0. The Labute approximate surface area is 145 Å². The van der Waals surface area contributed by atoms with Gasteiger partial charge in [-0.2, -0.15) is 0 Å². The molecule has 5 heteroatoms. The van der Waals surface area contributed by atoms with Crippen LogP contribution in [0, 0.1) is 20.8 Å². The molecule has 3 aromatic rings. The van der Waals surface area contributed by atoms with Gasteiger partial charge in [0.25, 0.3) is 5.91 Å². The van der Waals surface area contributed by atoms with Gasteiger partial charge in [0.05, 0.1) is 5.02 Å². The van der Waals surface area contributed by atoms with Gasteiger partial charge in [0.1, 0.15) is 17.0 Å². The van der Waals surface area contributed by atoms with Gasteiger partial charge in [-0.05, 0) is 38.5 Å². The van der Waals surface area contributed by atoms with Gasteiger partial charge in [-0.25, -0.2) is 0 Å². The van der Waals surface area contributed by atoms with Crippen molar-refractivity contribution in [1.29, 1.82) is 0 Å². The summed E-state index contributed by atoms with van der Waals surface area (Å²) in [6, 6.07) is 13.1. The lowest BCUT2D eigenvalue weighted by molar-refractivity contribution is 0.102. The summed E-state index contributed by atoms with van der Waals surface area (Å²) in [5.74, 6) is 0.183. The highest BCUT2D eigenvalue weighted by atomic mass is 35.5. The van der Waals surface area contributed by atoms with Gasteiger partial charge in [0.2, 0.25) is 0 Å².